The molecular weight excluding hydrogens is 464 g/mol. The van der Waals surface area contributed by atoms with Crippen LogP contribution >= 0.6 is 13.5 Å². The second-order valence-electron chi connectivity index (χ2n) is 9.53. The molecule has 1 heterocycles. The molecular formula is C27H44N2O5S. The first-order chi connectivity index (χ1) is 15.5. The summed E-state index contributed by atoms with van der Waals surface area (Å²) in [5.74, 6) is -2.18. The zero-order valence-electron chi connectivity index (χ0n) is 21.2. The monoisotopic (exact) mass is 508 g/mol. The molecule has 1 aliphatic heterocycles. The summed E-state index contributed by atoms with van der Waals surface area (Å²) < 4.78 is 5.62. The molecule has 1 aromatic carbocycles. The average Bonchev–Trinajstić information content (AvgIpc) is 2.97. The first kappa shape index (κ1) is 32.7. The fraction of sp³-hybridized carbons (Fsp3) is 0.593. The van der Waals surface area contributed by atoms with Crippen LogP contribution in [0.25, 0.3) is 0 Å². The number of nitrogens with one attached hydrogen (secondary N) is 1. The number of likely N-dealkylation sites (tertiary alicyclic amines) is 1. The molecule has 1 fully saturated rings. The minimum Gasteiger partial charge on any atom is -0.480 e. The Hall–Kier alpha value is -2.32. The van der Waals surface area contributed by atoms with Gasteiger partial charge in [0.1, 0.15) is 11.8 Å². The summed E-state index contributed by atoms with van der Waals surface area (Å²) in [6, 6.07) is 6.64. The Morgan fingerprint density at radius 1 is 1.17 bits per heavy atom. The van der Waals surface area contributed by atoms with Gasteiger partial charge in [-0.25, -0.2) is 9.59 Å². The SMILES string of the molecule is C.CCC1(c2cccc(OC(=O)/C(C)=C(\C)C(=O)N[C@H](C(=O)O)C(C)C)c2)CCCCN(C)C1.S. The van der Waals surface area contributed by atoms with E-state index in [9.17, 15) is 19.5 Å². The van der Waals surface area contributed by atoms with Crippen molar-refractivity contribution in [3.63, 3.8) is 0 Å². The summed E-state index contributed by atoms with van der Waals surface area (Å²) in [6.07, 6.45) is 4.42. The van der Waals surface area contributed by atoms with E-state index in [0.717, 1.165) is 37.9 Å². The highest BCUT2D eigenvalue weighted by Crippen LogP contribution is 2.37. The lowest BCUT2D eigenvalue weighted by atomic mass is 9.74. The van der Waals surface area contributed by atoms with Crippen LogP contribution in [0.3, 0.4) is 0 Å². The highest BCUT2D eigenvalue weighted by atomic mass is 32.1. The van der Waals surface area contributed by atoms with Gasteiger partial charge in [-0.05, 0) is 70.3 Å². The highest BCUT2D eigenvalue weighted by Gasteiger charge is 2.33. The Bertz CT molecular complexity index is 915. The lowest BCUT2D eigenvalue weighted by Crippen LogP contribution is -2.44. The third-order valence-electron chi connectivity index (χ3n) is 6.78. The van der Waals surface area contributed by atoms with Crippen LogP contribution in [0.1, 0.15) is 73.3 Å². The molecule has 8 heteroatoms. The van der Waals surface area contributed by atoms with Gasteiger partial charge in [-0.2, -0.15) is 13.5 Å². The van der Waals surface area contributed by atoms with Crippen LogP contribution in [0.15, 0.2) is 35.4 Å². The topological polar surface area (TPSA) is 95.9 Å². The number of hydrogen-bond acceptors (Lipinski definition) is 5. The number of esters is 1. The van der Waals surface area contributed by atoms with Crippen molar-refractivity contribution in [2.75, 3.05) is 20.1 Å². The van der Waals surface area contributed by atoms with Gasteiger partial charge in [0.05, 0.1) is 0 Å². The number of carboxylic acids is 1. The Kier molecular flexibility index (Phi) is 13.3. The van der Waals surface area contributed by atoms with Gasteiger partial charge in [-0.15, -0.1) is 0 Å². The molecule has 1 aliphatic rings. The molecule has 0 bridgehead atoms. The predicted octanol–water partition coefficient (Wildman–Crippen LogP) is 4.67. The van der Waals surface area contributed by atoms with Crippen LogP contribution < -0.4 is 10.1 Å². The molecule has 2 atom stereocenters. The van der Waals surface area contributed by atoms with E-state index in [0.29, 0.717) is 5.75 Å². The van der Waals surface area contributed by atoms with Crippen molar-refractivity contribution in [1.82, 2.24) is 10.2 Å². The summed E-state index contributed by atoms with van der Waals surface area (Å²) in [5, 5.41) is 11.8. The van der Waals surface area contributed by atoms with E-state index in [4.69, 9.17) is 4.74 Å². The number of ether oxygens (including phenoxy) is 1. The number of amides is 1. The molecule has 0 saturated carbocycles. The van der Waals surface area contributed by atoms with Gasteiger partial charge in [0.25, 0.3) is 0 Å². The van der Waals surface area contributed by atoms with E-state index in [-0.39, 0.29) is 43.4 Å². The van der Waals surface area contributed by atoms with Crippen molar-refractivity contribution in [2.24, 2.45) is 5.92 Å². The van der Waals surface area contributed by atoms with E-state index < -0.39 is 23.9 Å². The van der Waals surface area contributed by atoms with E-state index in [1.807, 2.05) is 12.1 Å². The number of nitrogens with zero attached hydrogens (tertiary/aromatic N) is 1. The minimum atomic E-state index is -1.11. The van der Waals surface area contributed by atoms with Crippen molar-refractivity contribution in [1.29, 1.82) is 0 Å². The van der Waals surface area contributed by atoms with E-state index in [1.54, 1.807) is 19.9 Å². The second kappa shape index (κ2) is 14.3. The molecule has 0 spiro atoms. The zero-order valence-corrected chi connectivity index (χ0v) is 22.2. The zero-order chi connectivity index (χ0) is 24.8. The Morgan fingerprint density at radius 2 is 1.83 bits per heavy atom. The predicted molar refractivity (Wildman–Crippen MR) is 145 cm³/mol. The van der Waals surface area contributed by atoms with Crippen LogP contribution in [0.4, 0.5) is 0 Å². The first-order valence-corrected chi connectivity index (χ1v) is 11.7. The van der Waals surface area contributed by atoms with Gasteiger partial charge in [-0.1, -0.05) is 46.8 Å². The van der Waals surface area contributed by atoms with Gasteiger partial charge in [0, 0.05) is 23.1 Å². The minimum absolute atomic E-state index is 0. The summed E-state index contributed by atoms with van der Waals surface area (Å²) >= 11 is 0. The molecule has 2 rings (SSSR count). The molecule has 198 valence electrons. The largest absolute Gasteiger partial charge is 0.480 e. The Balaban J connectivity index is 0.00000578. The number of hydrogen-bond donors (Lipinski definition) is 2. The maximum Gasteiger partial charge on any atom is 0.339 e. The Morgan fingerprint density at radius 3 is 2.40 bits per heavy atom. The molecule has 1 amide bonds. The summed E-state index contributed by atoms with van der Waals surface area (Å²) in [6.45, 7) is 10.7. The maximum absolute atomic E-state index is 12.8. The normalized spacial score (nSPS) is 19.9. The first-order valence-electron chi connectivity index (χ1n) is 11.7. The summed E-state index contributed by atoms with van der Waals surface area (Å²) in [5.41, 5.74) is 1.45. The van der Waals surface area contributed by atoms with Crippen molar-refractivity contribution < 1.29 is 24.2 Å². The van der Waals surface area contributed by atoms with Crippen molar-refractivity contribution in [2.45, 2.75) is 79.2 Å². The van der Waals surface area contributed by atoms with Gasteiger partial charge in [-0.3, -0.25) is 4.79 Å². The molecule has 1 aromatic rings. The lowest BCUT2D eigenvalue weighted by Gasteiger charge is -2.35. The number of benzene rings is 1. The highest BCUT2D eigenvalue weighted by molar-refractivity contribution is 7.59. The van der Waals surface area contributed by atoms with Crippen molar-refractivity contribution in [3.05, 3.63) is 41.0 Å². The van der Waals surface area contributed by atoms with E-state index >= 15 is 0 Å². The molecule has 7 nitrogen and oxygen atoms in total. The number of rotatable bonds is 8. The summed E-state index contributed by atoms with van der Waals surface area (Å²) in [4.78, 5) is 39.0. The average molecular weight is 509 g/mol. The lowest BCUT2D eigenvalue weighted by molar-refractivity contribution is -0.142. The number of carbonyl (C=O) groups is 3. The molecule has 1 saturated heterocycles. The maximum atomic E-state index is 12.8. The molecule has 0 aliphatic carbocycles. The van der Waals surface area contributed by atoms with Crippen LogP contribution in [0, 0.1) is 5.92 Å². The standard InChI is InChI=1S/C26H38N2O5.CH4.H2S/c1-7-26(13-8-9-14-28(6)16-26)20-11-10-12-21(15-20)33-25(32)19(5)18(4)23(29)27-22(17(2)3)24(30)31;;/h10-12,15,17,22H,7-9,13-14,16H2,1-6H3,(H,27,29)(H,30,31);1H4;1H2/b19-18+;;/t22-,26?;;/m0../s1. The van der Waals surface area contributed by atoms with Crippen LogP contribution in [-0.4, -0.2) is 54.0 Å². The van der Waals surface area contributed by atoms with Crippen LogP contribution in [-0.2, 0) is 19.8 Å². The molecule has 1 unspecified atom stereocenters. The van der Waals surface area contributed by atoms with Gasteiger partial charge >= 0.3 is 11.9 Å². The number of aliphatic carboxylic acids is 1. The molecule has 0 radical (unpaired) electrons. The van der Waals surface area contributed by atoms with Crippen molar-refractivity contribution >= 4 is 31.3 Å². The van der Waals surface area contributed by atoms with Gasteiger partial charge in [0.15, 0.2) is 0 Å². The Labute approximate surface area is 217 Å². The van der Waals surface area contributed by atoms with Gasteiger partial charge in [0.2, 0.25) is 5.91 Å². The fourth-order valence-electron chi connectivity index (χ4n) is 4.41. The molecule has 0 aromatic heterocycles. The molecule has 2 N–H and O–H groups in total. The quantitative estimate of drug-likeness (QED) is 0.301. The molecule has 35 heavy (non-hydrogen) atoms. The third-order valence-corrected chi connectivity index (χ3v) is 6.78. The van der Waals surface area contributed by atoms with Crippen LogP contribution in [0.5, 0.6) is 5.75 Å². The summed E-state index contributed by atoms with van der Waals surface area (Å²) in [7, 11) is 2.15. The third kappa shape index (κ3) is 8.39. The van der Waals surface area contributed by atoms with E-state index in [2.05, 4.69) is 30.3 Å². The van der Waals surface area contributed by atoms with Crippen LogP contribution in [0.2, 0.25) is 0 Å². The van der Waals surface area contributed by atoms with E-state index in [1.165, 1.54) is 20.3 Å². The second-order valence-corrected chi connectivity index (χ2v) is 9.53. The fourth-order valence-corrected chi connectivity index (χ4v) is 4.41. The number of carboxylic acid groups (broad SMARTS) is 1. The van der Waals surface area contributed by atoms with Gasteiger partial charge < -0.3 is 20.1 Å². The number of carbonyl (C=O) groups excluding carboxylic acids is 2. The smallest absolute Gasteiger partial charge is 0.339 e. The number of likely N-dealkylation sites (N-methyl/N-ethyl adjacent to an activating group) is 1. The van der Waals surface area contributed by atoms with Crippen molar-refractivity contribution in [3.8, 4) is 5.75 Å².